The molecule has 1 unspecified atom stereocenters. The molecule has 0 N–H and O–H groups in total. The standard InChI is InChI=1S/C13H17BrClNO2/c1-9(14)6-7-16(2)13(17)11-5-4-10(15)8-12(11)18-3/h4-5,8-9H,6-7H2,1-3H3. The number of hydrogen-bond acceptors (Lipinski definition) is 2. The van der Waals surface area contributed by atoms with Gasteiger partial charge in [0, 0.05) is 23.4 Å². The van der Waals surface area contributed by atoms with Gasteiger partial charge in [-0.1, -0.05) is 34.5 Å². The van der Waals surface area contributed by atoms with Crippen LogP contribution in [0.2, 0.25) is 5.02 Å². The Labute approximate surface area is 121 Å². The predicted octanol–water partition coefficient (Wildman–Crippen LogP) is 3.59. The van der Waals surface area contributed by atoms with Gasteiger partial charge in [-0.15, -0.1) is 0 Å². The first-order valence-electron chi connectivity index (χ1n) is 5.68. The Hall–Kier alpha value is -0.740. The van der Waals surface area contributed by atoms with E-state index >= 15 is 0 Å². The lowest BCUT2D eigenvalue weighted by atomic mass is 10.1. The van der Waals surface area contributed by atoms with Crippen LogP contribution < -0.4 is 4.74 Å². The van der Waals surface area contributed by atoms with Gasteiger partial charge in [0.25, 0.3) is 5.91 Å². The van der Waals surface area contributed by atoms with Gasteiger partial charge in [-0.2, -0.15) is 0 Å². The Morgan fingerprint density at radius 2 is 2.22 bits per heavy atom. The van der Waals surface area contributed by atoms with Crippen LogP contribution in [0.1, 0.15) is 23.7 Å². The Bertz CT molecular complexity index is 423. The normalized spacial score (nSPS) is 12.1. The molecule has 1 rings (SSSR count). The number of hydrogen-bond donors (Lipinski definition) is 0. The number of carbonyl (C=O) groups excluding carboxylic acids is 1. The van der Waals surface area contributed by atoms with Gasteiger partial charge in [-0.05, 0) is 24.6 Å². The fraction of sp³-hybridized carbons (Fsp3) is 0.462. The van der Waals surface area contributed by atoms with E-state index in [1.54, 1.807) is 30.1 Å². The topological polar surface area (TPSA) is 29.5 Å². The third-order valence-corrected chi connectivity index (χ3v) is 3.30. The molecular formula is C13H17BrClNO2. The molecule has 100 valence electrons. The number of alkyl halides is 1. The number of halogens is 2. The van der Waals surface area contributed by atoms with E-state index in [0.717, 1.165) is 6.42 Å². The Balaban J connectivity index is 2.83. The van der Waals surface area contributed by atoms with Crippen molar-refractivity contribution < 1.29 is 9.53 Å². The zero-order valence-corrected chi connectivity index (χ0v) is 13.1. The Morgan fingerprint density at radius 1 is 1.56 bits per heavy atom. The highest BCUT2D eigenvalue weighted by atomic mass is 79.9. The van der Waals surface area contributed by atoms with Crippen LogP contribution in [0, 0.1) is 0 Å². The minimum atomic E-state index is -0.0586. The van der Waals surface area contributed by atoms with Crippen LogP contribution in [-0.2, 0) is 0 Å². The predicted molar refractivity (Wildman–Crippen MR) is 78.0 cm³/mol. The molecule has 0 radical (unpaired) electrons. The molecule has 18 heavy (non-hydrogen) atoms. The zero-order chi connectivity index (χ0) is 13.7. The molecular weight excluding hydrogens is 318 g/mol. The highest BCUT2D eigenvalue weighted by molar-refractivity contribution is 9.09. The van der Waals surface area contributed by atoms with Crippen LogP contribution >= 0.6 is 27.5 Å². The van der Waals surface area contributed by atoms with Gasteiger partial charge < -0.3 is 9.64 Å². The quantitative estimate of drug-likeness (QED) is 0.770. The van der Waals surface area contributed by atoms with Crippen LogP contribution in [0.25, 0.3) is 0 Å². The summed E-state index contributed by atoms with van der Waals surface area (Å²) in [6.45, 7) is 2.75. The van der Waals surface area contributed by atoms with Gasteiger partial charge in [-0.3, -0.25) is 4.79 Å². The van der Waals surface area contributed by atoms with Crippen molar-refractivity contribution in [2.45, 2.75) is 18.2 Å². The number of nitrogens with zero attached hydrogens (tertiary/aromatic N) is 1. The fourth-order valence-electron chi connectivity index (χ4n) is 1.52. The summed E-state index contributed by atoms with van der Waals surface area (Å²) in [6, 6.07) is 5.03. The minimum Gasteiger partial charge on any atom is -0.496 e. The maximum atomic E-state index is 12.2. The van der Waals surface area contributed by atoms with E-state index in [-0.39, 0.29) is 5.91 Å². The maximum Gasteiger partial charge on any atom is 0.257 e. The largest absolute Gasteiger partial charge is 0.496 e. The van der Waals surface area contributed by atoms with Crippen molar-refractivity contribution >= 4 is 33.4 Å². The van der Waals surface area contributed by atoms with Gasteiger partial charge in [0.05, 0.1) is 12.7 Å². The average Bonchev–Trinajstić information content (AvgIpc) is 2.34. The van der Waals surface area contributed by atoms with Gasteiger partial charge in [-0.25, -0.2) is 0 Å². The van der Waals surface area contributed by atoms with E-state index in [2.05, 4.69) is 22.9 Å². The average molecular weight is 335 g/mol. The van der Waals surface area contributed by atoms with E-state index in [1.165, 1.54) is 7.11 Å². The van der Waals surface area contributed by atoms with Crippen molar-refractivity contribution in [3.8, 4) is 5.75 Å². The second-order valence-electron chi connectivity index (χ2n) is 4.14. The van der Waals surface area contributed by atoms with E-state index in [9.17, 15) is 4.79 Å². The molecule has 0 aliphatic heterocycles. The van der Waals surface area contributed by atoms with Crippen LogP contribution in [0.15, 0.2) is 18.2 Å². The molecule has 1 aromatic carbocycles. The Morgan fingerprint density at radius 3 is 2.78 bits per heavy atom. The molecule has 0 aliphatic carbocycles. The molecule has 3 nitrogen and oxygen atoms in total. The van der Waals surface area contributed by atoms with E-state index in [1.807, 2.05) is 0 Å². The van der Waals surface area contributed by atoms with Gasteiger partial charge in [0.15, 0.2) is 0 Å². The lowest BCUT2D eigenvalue weighted by Crippen LogP contribution is -2.29. The SMILES string of the molecule is COc1cc(Cl)ccc1C(=O)N(C)CCC(C)Br. The van der Waals surface area contributed by atoms with Crippen molar-refractivity contribution in [3.63, 3.8) is 0 Å². The molecule has 0 heterocycles. The number of rotatable bonds is 5. The number of amides is 1. The lowest BCUT2D eigenvalue weighted by Gasteiger charge is -2.19. The molecule has 1 amide bonds. The molecule has 5 heteroatoms. The van der Waals surface area contributed by atoms with Crippen LogP contribution in [0.5, 0.6) is 5.75 Å². The molecule has 0 saturated heterocycles. The van der Waals surface area contributed by atoms with Crippen molar-refractivity contribution in [1.82, 2.24) is 4.90 Å². The molecule has 0 spiro atoms. The first-order chi connectivity index (χ1) is 8.45. The fourth-order valence-corrected chi connectivity index (χ4v) is 1.89. The first kappa shape index (κ1) is 15.3. The smallest absolute Gasteiger partial charge is 0.257 e. The maximum absolute atomic E-state index is 12.2. The lowest BCUT2D eigenvalue weighted by molar-refractivity contribution is 0.0790. The molecule has 0 saturated carbocycles. The van der Waals surface area contributed by atoms with Crippen LogP contribution in [-0.4, -0.2) is 36.3 Å². The summed E-state index contributed by atoms with van der Waals surface area (Å²) in [5.41, 5.74) is 0.534. The molecule has 0 bridgehead atoms. The van der Waals surface area contributed by atoms with Gasteiger partial charge >= 0.3 is 0 Å². The van der Waals surface area contributed by atoms with Gasteiger partial charge in [0.1, 0.15) is 5.75 Å². The number of ether oxygens (including phenoxy) is 1. The van der Waals surface area contributed by atoms with Crippen molar-refractivity contribution in [2.75, 3.05) is 20.7 Å². The summed E-state index contributed by atoms with van der Waals surface area (Å²) in [6.07, 6.45) is 0.901. The van der Waals surface area contributed by atoms with Crippen LogP contribution in [0.4, 0.5) is 0 Å². The number of carbonyl (C=O) groups is 1. The minimum absolute atomic E-state index is 0.0586. The highest BCUT2D eigenvalue weighted by Crippen LogP contribution is 2.24. The first-order valence-corrected chi connectivity index (χ1v) is 6.98. The summed E-state index contributed by atoms with van der Waals surface area (Å²) >= 11 is 9.34. The van der Waals surface area contributed by atoms with E-state index < -0.39 is 0 Å². The molecule has 0 aliphatic rings. The molecule has 1 atom stereocenters. The van der Waals surface area contributed by atoms with Gasteiger partial charge in [0.2, 0.25) is 0 Å². The third kappa shape index (κ3) is 4.18. The van der Waals surface area contributed by atoms with Crippen LogP contribution in [0.3, 0.4) is 0 Å². The van der Waals surface area contributed by atoms with Crippen molar-refractivity contribution in [1.29, 1.82) is 0 Å². The number of methoxy groups -OCH3 is 1. The summed E-state index contributed by atoms with van der Waals surface area (Å²) < 4.78 is 5.18. The molecule has 0 fully saturated rings. The summed E-state index contributed by atoms with van der Waals surface area (Å²) in [4.78, 5) is 14.3. The summed E-state index contributed by atoms with van der Waals surface area (Å²) in [7, 11) is 3.31. The zero-order valence-electron chi connectivity index (χ0n) is 10.7. The Kier molecular flexibility index (Phi) is 5.96. The summed E-state index contributed by atoms with van der Waals surface area (Å²) in [5.74, 6) is 0.447. The summed E-state index contributed by atoms with van der Waals surface area (Å²) in [5, 5.41) is 0.556. The highest BCUT2D eigenvalue weighted by Gasteiger charge is 2.17. The van der Waals surface area contributed by atoms with Crippen molar-refractivity contribution in [3.05, 3.63) is 28.8 Å². The monoisotopic (exact) mass is 333 g/mol. The van der Waals surface area contributed by atoms with E-state index in [4.69, 9.17) is 16.3 Å². The second kappa shape index (κ2) is 7.00. The number of benzene rings is 1. The third-order valence-electron chi connectivity index (χ3n) is 2.60. The van der Waals surface area contributed by atoms with E-state index in [0.29, 0.717) is 27.7 Å². The van der Waals surface area contributed by atoms with Crippen molar-refractivity contribution in [2.24, 2.45) is 0 Å². The molecule has 1 aromatic rings. The second-order valence-corrected chi connectivity index (χ2v) is 6.14. The molecule has 0 aromatic heterocycles.